The maximum Gasteiger partial charge on any atom is 0.410 e. The summed E-state index contributed by atoms with van der Waals surface area (Å²) in [6, 6.07) is 16.0. The van der Waals surface area contributed by atoms with E-state index in [-0.39, 0.29) is 11.7 Å². The van der Waals surface area contributed by atoms with E-state index in [9.17, 15) is 18.4 Å². The number of halogens is 2. The van der Waals surface area contributed by atoms with Crippen LogP contribution in [0.25, 0.3) is 22.0 Å². The largest absolute Gasteiger partial charge is 0.495 e. The Morgan fingerprint density at radius 2 is 1.62 bits per heavy atom. The molecule has 4 aromatic rings. The van der Waals surface area contributed by atoms with Crippen molar-refractivity contribution in [3.63, 3.8) is 0 Å². The summed E-state index contributed by atoms with van der Waals surface area (Å²) in [6.45, 7) is 7.92. The third kappa shape index (κ3) is 6.27. The molecule has 0 aliphatic carbocycles. The van der Waals surface area contributed by atoms with Crippen LogP contribution in [-0.4, -0.2) is 60.8 Å². The average molecular weight is 575 g/mol. The number of pyridine rings is 1. The van der Waals surface area contributed by atoms with Gasteiger partial charge in [-0.25, -0.2) is 13.6 Å². The number of nitrogens with one attached hydrogen (secondary N) is 1. The maximum absolute atomic E-state index is 14.2. The van der Waals surface area contributed by atoms with E-state index in [0.29, 0.717) is 43.7 Å². The van der Waals surface area contributed by atoms with Crippen LogP contribution in [0, 0.1) is 11.6 Å². The molecule has 1 fully saturated rings. The first kappa shape index (κ1) is 28.8. The highest BCUT2D eigenvalue weighted by Gasteiger charge is 2.26. The third-order valence-electron chi connectivity index (χ3n) is 6.95. The van der Waals surface area contributed by atoms with Crippen molar-refractivity contribution < 1.29 is 27.8 Å². The minimum Gasteiger partial charge on any atom is -0.495 e. The fourth-order valence-corrected chi connectivity index (χ4v) is 4.89. The second-order valence-electron chi connectivity index (χ2n) is 11.0. The monoisotopic (exact) mass is 574 g/mol. The summed E-state index contributed by atoms with van der Waals surface area (Å²) in [4.78, 5) is 33.8. The van der Waals surface area contributed by atoms with Gasteiger partial charge < -0.3 is 24.6 Å². The van der Waals surface area contributed by atoms with Crippen molar-refractivity contribution in [2.45, 2.75) is 26.4 Å². The van der Waals surface area contributed by atoms with Crippen molar-refractivity contribution >= 4 is 34.3 Å². The number of fused-ring (bicyclic) bond motifs is 1. The number of carbonyl (C=O) groups is 2. The van der Waals surface area contributed by atoms with E-state index in [1.54, 1.807) is 23.2 Å². The van der Waals surface area contributed by atoms with Gasteiger partial charge in [0.1, 0.15) is 23.0 Å². The number of methoxy groups -OCH3 is 1. The Balaban J connectivity index is 1.40. The van der Waals surface area contributed by atoms with E-state index >= 15 is 0 Å². The van der Waals surface area contributed by atoms with Crippen LogP contribution in [0.2, 0.25) is 0 Å². The molecule has 1 aromatic heterocycles. The SMILES string of the molecule is COc1ccc(-c2ccc3nccc(N4CCN(C(=O)OC(C)(C)C)CC4)c3c2)cc1NC(=O)c1ccc(F)cc1F. The van der Waals surface area contributed by atoms with Crippen LogP contribution < -0.4 is 15.0 Å². The molecule has 1 aliphatic rings. The van der Waals surface area contributed by atoms with Crippen LogP contribution >= 0.6 is 0 Å². The molecule has 1 aliphatic heterocycles. The lowest BCUT2D eigenvalue weighted by Crippen LogP contribution is -2.50. The smallest absolute Gasteiger partial charge is 0.410 e. The van der Waals surface area contributed by atoms with Gasteiger partial charge in [-0.1, -0.05) is 12.1 Å². The average Bonchev–Trinajstić information content (AvgIpc) is 2.95. The second-order valence-corrected chi connectivity index (χ2v) is 11.0. The lowest BCUT2D eigenvalue weighted by atomic mass is 10.0. The Morgan fingerprint density at radius 3 is 2.31 bits per heavy atom. The molecule has 0 saturated carbocycles. The van der Waals surface area contributed by atoms with Crippen LogP contribution in [0.15, 0.2) is 66.9 Å². The van der Waals surface area contributed by atoms with Crippen LogP contribution in [0.5, 0.6) is 5.75 Å². The quantitative estimate of drug-likeness (QED) is 0.293. The number of hydrogen-bond donors (Lipinski definition) is 1. The van der Waals surface area contributed by atoms with Gasteiger partial charge in [-0.3, -0.25) is 9.78 Å². The van der Waals surface area contributed by atoms with E-state index in [1.165, 1.54) is 7.11 Å². The molecule has 2 heterocycles. The summed E-state index contributed by atoms with van der Waals surface area (Å²) in [5.74, 6) is -2.05. The fraction of sp³-hybridized carbons (Fsp3) is 0.281. The second kappa shape index (κ2) is 11.6. The van der Waals surface area contributed by atoms with Gasteiger partial charge in [0.2, 0.25) is 0 Å². The number of rotatable bonds is 5. The topological polar surface area (TPSA) is 84.0 Å². The normalized spacial score (nSPS) is 13.7. The molecule has 0 spiro atoms. The van der Waals surface area contributed by atoms with Crippen LogP contribution in [0.3, 0.4) is 0 Å². The first-order valence-electron chi connectivity index (χ1n) is 13.6. The molecule has 1 N–H and O–H groups in total. The lowest BCUT2D eigenvalue weighted by Gasteiger charge is -2.37. The summed E-state index contributed by atoms with van der Waals surface area (Å²) < 4.78 is 38.5. The first-order valence-corrected chi connectivity index (χ1v) is 13.6. The van der Waals surface area contributed by atoms with Gasteiger partial charge in [-0.2, -0.15) is 0 Å². The molecule has 10 heteroatoms. The highest BCUT2D eigenvalue weighted by molar-refractivity contribution is 6.05. The van der Waals surface area contributed by atoms with E-state index < -0.39 is 23.1 Å². The van der Waals surface area contributed by atoms with Crippen molar-refractivity contribution in [1.29, 1.82) is 0 Å². The lowest BCUT2D eigenvalue weighted by molar-refractivity contribution is 0.0240. The molecule has 218 valence electrons. The predicted molar refractivity (Wildman–Crippen MR) is 158 cm³/mol. The Bertz CT molecular complexity index is 1650. The van der Waals surface area contributed by atoms with Gasteiger partial charge in [-0.15, -0.1) is 0 Å². The fourth-order valence-electron chi connectivity index (χ4n) is 4.89. The minimum atomic E-state index is -0.955. The molecule has 42 heavy (non-hydrogen) atoms. The molecule has 8 nitrogen and oxygen atoms in total. The van der Waals surface area contributed by atoms with Gasteiger partial charge in [0, 0.05) is 49.5 Å². The Labute approximate surface area is 242 Å². The molecule has 1 saturated heterocycles. The molecular formula is C32H32F2N4O4. The van der Waals surface area contributed by atoms with Gasteiger partial charge in [0.05, 0.1) is 23.9 Å². The standard InChI is InChI=1S/C32H32F2N4O4/c1-32(2,3)42-31(40)38-15-13-37(14-16-38)28-11-12-35-26-9-5-20(17-24(26)28)21-6-10-29(41-4)27(18-21)36-30(39)23-8-7-22(33)19-25(23)34/h5-12,17-19H,13-16H2,1-4H3,(H,36,39). The maximum atomic E-state index is 14.2. The van der Waals surface area contributed by atoms with E-state index in [0.717, 1.165) is 39.8 Å². The van der Waals surface area contributed by atoms with Crippen molar-refractivity contribution in [2.24, 2.45) is 0 Å². The van der Waals surface area contributed by atoms with Crippen LogP contribution in [0.1, 0.15) is 31.1 Å². The molecular weight excluding hydrogens is 542 g/mol. The van der Waals surface area contributed by atoms with Crippen molar-refractivity contribution in [2.75, 3.05) is 43.5 Å². The highest BCUT2D eigenvalue weighted by atomic mass is 19.1. The van der Waals surface area contributed by atoms with Gasteiger partial charge >= 0.3 is 6.09 Å². The van der Waals surface area contributed by atoms with Crippen molar-refractivity contribution in [3.05, 3.63) is 84.1 Å². The highest BCUT2D eigenvalue weighted by Crippen LogP contribution is 2.35. The van der Waals surface area contributed by atoms with E-state index in [1.807, 2.05) is 51.1 Å². The van der Waals surface area contributed by atoms with Crippen molar-refractivity contribution in [1.82, 2.24) is 9.88 Å². The molecule has 0 bridgehead atoms. The third-order valence-corrected chi connectivity index (χ3v) is 6.95. The zero-order valence-corrected chi connectivity index (χ0v) is 23.9. The van der Waals surface area contributed by atoms with E-state index in [4.69, 9.17) is 9.47 Å². The number of aromatic nitrogens is 1. The summed E-state index contributed by atoms with van der Waals surface area (Å²) in [6.07, 6.45) is 1.46. The summed E-state index contributed by atoms with van der Waals surface area (Å²) in [7, 11) is 1.47. The summed E-state index contributed by atoms with van der Waals surface area (Å²) in [5.41, 5.74) is 2.99. The summed E-state index contributed by atoms with van der Waals surface area (Å²) in [5, 5.41) is 3.63. The van der Waals surface area contributed by atoms with Gasteiger partial charge in [0.25, 0.3) is 5.91 Å². The Morgan fingerprint density at radius 1 is 0.905 bits per heavy atom. The van der Waals surface area contributed by atoms with Gasteiger partial charge in [-0.05, 0) is 74.4 Å². The molecule has 0 atom stereocenters. The first-order chi connectivity index (χ1) is 20.0. The number of amides is 2. The zero-order valence-electron chi connectivity index (χ0n) is 23.9. The van der Waals surface area contributed by atoms with Gasteiger partial charge in [0.15, 0.2) is 0 Å². The number of nitrogens with zero attached hydrogens (tertiary/aromatic N) is 3. The molecule has 0 radical (unpaired) electrons. The molecule has 5 rings (SSSR count). The Kier molecular flexibility index (Phi) is 7.98. The Hall–Kier alpha value is -4.73. The molecule has 3 aromatic carbocycles. The molecule has 2 amide bonds. The van der Waals surface area contributed by atoms with E-state index in [2.05, 4.69) is 15.2 Å². The molecule has 0 unspecified atom stereocenters. The number of carbonyl (C=O) groups excluding carboxylic acids is 2. The van der Waals surface area contributed by atoms with Crippen LogP contribution in [-0.2, 0) is 4.74 Å². The van der Waals surface area contributed by atoms with Crippen molar-refractivity contribution in [3.8, 4) is 16.9 Å². The number of ether oxygens (including phenoxy) is 2. The van der Waals surface area contributed by atoms with Crippen LogP contribution in [0.4, 0.5) is 25.0 Å². The summed E-state index contributed by atoms with van der Waals surface area (Å²) >= 11 is 0. The number of anilines is 2. The number of piperazine rings is 1. The number of benzene rings is 3. The zero-order chi connectivity index (χ0) is 30.0. The predicted octanol–water partition coefficient (Wildman–Crippen LogP) is 6.50. The minimum absolute atomic E-state index is 0.281. The number of hydrogen-bond acceptors (Lipinski definition) is 6.